The molecule has 2 fully saturated rings. The average Bonchev–Trinajstić information content (AvgIpc) is 4.07. The van der Waals surface area contributed by atoms with Crippen LogP contribution < -0.4 is 15.4 Å². The Morgan fingerprint density at radius 3 is 1.87 bits per heavy atom. The molecular weight excluding hydrogens is 801 g/mol. The van der Waals surface area contributed by atoms with Gasteiger partial charge in [0.2, 0.25) is 11.8 Å². The summed E-state index contributed by atoms with van der Waals surface area (Å²) in [5.41, 5.74) is 7.65. The molecule has 0 spiro atoms. The van der Waals surface area contributed by atoms with E-state index in [0.29, 0.717) is 12.4 Å². The van der Waals surface area contributed by atoms with Crippen LogP contribution in [0, 0.1) is 11.8 Å². The molecule has 334 valence electrons. The second-order valence-electron chi connectivity index (χ2n) is 18.4. The van der Waals surface area contributed by atoms with Crippen LogP contribution in [-0.4, -0.2) is 92.1 Å². The largest absolute Gasteiger partial charge is 0.488 e. The van der Waals surface area contributed by atoms with E-state index in [1.807, 2.05) is 57.4 Å². The van der Waals surface area contributed by atoms with Gasteiger partial charge in [-0.15, -0.1) is 0 Å². The standard InChI is InChI=1S/C48H60N8O7/c1-23(2)38-41(51-44(50-38)36-18-12-27(8)56(36)46(58)40(25(5)6)54-48(60)62-10)29-13-15-31-30(19-29)22-63-37-21-32-28(20-33(31)37)14-16-34-42(32)52-43(49-34)35-17-11-26(7)55(35)45(57)39(24(3)4)53-47(59)61-9/h13-16,19-21,23-27,35-36,39-40H,11-12,17-18,22H2,1-10H3,(H,49,52)(H,50,51)(H,53,59)(H,54,60)/t26-,27-,35-,36-,39-,40-/m0/s1. The summed E-state index contributed by atoms with van der Waals surface area (Å²) in [5, 5.41) is 7.50. The highest BCUT2D eigenvalue weighted by molar-refractivity contribution is 6.07. The number of hydrogen-bond donors (Lipinski definition) is 4. The molecule has 2 saturated heterocycles. The minimum atomic E-state index is -0.728. The SMILES string of the molecule is COC(=O)N[C@H](C(=O)N1[C@@H](C)CC[C@H]1c1nc(C(C)C)c(-c2ccc3c(c2)COc2cc4c(ccc5nc([C@@H]6CC[C@H](C)N6C(=O)[C@@H](NC(=O)OC)C(C)C)[nH]c54)cc2-3)[nH]1)C(C)C. The van der Waals surface area contributed by atoms with Crippen LogP contribution in [0.2, 0.25) is 0 Å². The molecule has 5 heterocycles. The van der Waals surface area contributed by atoms with E-state index >= 15 is 0 Å². The van der Waals surface area contributed by atoms with Gasteiger partial charge in [0.25, 0.3) is 0 Å². The predicted octanol–water partition coefficient (Wildman–Crippen LogP) is 8.65. The van der Waals surface area contributed by atoms with Crippen molar-refractivity contribution in [3.63, 3.8) is 0 Å². The maximum atomic E-state index is 14.1. The Labute approximate surface area is 368 Å². The fourth-order valence-electron chi connectivity index (χ4n) is 9.79. The summed E-state index contributed by atoms with van der Waals surface area (Å²) in [5.74, 6) is 1.77. The van der Waals surface area contributed by atoms with Gasteiger partial charge in [-0.2, -0.15) is 0 Å². The van der Waals surface area contributed by atoms with Crippen molar-refractivity contribution in [2.24, 2.45) is 11.8 Å². The lowest BCUT2D eigenvalue weighted by molar-refractivity contribution is -0.138. The smallest absolute Gasteiger partial charge is 0.407 e. The van der Waals surface area contributed by atoms with E-state index in [1.165, 1.54) is 14.2 Å². The van der Waals surface area contributed by atoms with Crippen molar-refractivity contribution >= 4 is 45.8 Å². The molecule has 2 aromatic heterocycles. The quantitative estimate of drug-likeness (QED) is 0.107. The van der Waals surface area contributed by atoms with Crippen molar-refractivity contribution in [2.75, 3.05) is 14.2 Å². The highest BCUT2D eigenvalue weighted by Gasteiger charge is 2.43. The average molecular weight is 861 g/mol. The number of rotatable bonds is 10. The number of carbonyl (C=O) groups is 4. The lowest BCUT2D eigenvalue weighted by atomic mass is 9.91. The van der Waals surface area contributed by atoms with Gasteiger partial charge in [0, 0.05) is 28.6 Å². The molecule has 0 saturated carbocycles. The van der Waals surface area contributed by atoms with Gasteiger partial charge in [0.1, 0.15) is 36.1 Å². The summed E-state index contributed by atoms with van der Waals surface area (Å²) >= 11 is 0. The van der Waals surface area contributed by atoms with Crippen LogP contribution >= 0.6 is 0 Å². The summed E-state index contributed by atoms with van der Waals surface area (Å²) in [6, 6.07) is 12.7. The number of nitrogens with zero attached hydrogens (tertiary/aromatic N) is 4. The molecule has 4 amide bonds. The first-order valence-electron chi connectivity index (χ1n) is 22.3. The molecule has 6 atom stereocenters. The number of H-pyrrole nitrogens is 2. The maximum absolute atomic E-state index is 14.1. The maximum Gasteiger partial charge on any atom is 0.407 e. The highest BCUT2D eigenvalue weighted by atomic mass is 16.5. The second-order valence-corrected chi connectivity index (χ2v) is 18.4. The molecule has 3 aromatic carbocycles. The Bertz CT molecular complexity index is 2580. The zero-order chi connectivity index (χ0) is 45.0. The van der Waals surface area contributed by atoms with Gasteiger partial charge < -0.3 is 44.6 Å². The molecule has 15 nitrogen and oxygen atoms in total. The van der Waals surface area contributed by atoms with Gasteiger partial charge in [-0.25, -0.2) is 19.6 Å². The molecule has 8 rings (SSSR count). The van der Waals surface area contributed by atoms with Crippen molar-refractivity contribution < 1.29 is 33.4 Å². The Balaban J connectivity index is 1.09. The third-order valence-electron chi connectivity index (χ3n) is 13.2. The van der Waals surface area contributed by atoms with E-state index in [4.69, 9.17) is 24.2 Å². The zero-order valence-corrected chi connectivity index (χ0v) is 37.9. The molecule has 4 N–H and O–H groups in total. The van der Waals surface area contributed by atoms with Crippen molar-refractivity contribution in [3.05, 3.63) is 65.4 Å². The molecule has 0 aliphatic carbocycles. The molecule has 15 heteroatoms. The van der Waals surface area contributed by atoms with Crippen LogP contribution in [0.3, 0.4) is 0 Å². The number of methoxy groups -OCH3 is 2. The van der Waals surface area contributed by atoms with Crippen molar-refractivity contribution in [1.29, 1.82) is 0 Å². The minimum absolute atomic E-state index is 0.0271. The van der Waals surface area contributed by atoms with E-state index in [9.17, 15) is 19.2 Å². The number of imidazole rings is 2. The molecule has 63 heavy (non-hydrogen) atoms. The topological polar surface area (TPSA) is 184 Å². The van der Waals surface area contributed by atoms with Gasteiger partial charge in [-0.05, 0) is 98.1 Å². The molecular formula is C48H60N8O7. The van der Waals surface area contributed by atoms with Crippen LogP contribution in [0.25, 0.3) is 44.2 Å². The summed E-state index contributed by atoms with van der Waals surface area (Å²) in [4.78, 5) is 73.7. The number of amides is 4. The Hall–Kier alpha value is -6.12. The predicted molar refractivity (Wildman–Crippen MR) is 240 cm³/mol. The van der Waals surface area contributed by atoms with Crippen LogP contribution in [0.4, 0.5) is 9.59 Å². The van der Waals surface area contributed by atoms with E-state index in [-0.39, 0.29) is 53.7 Å². The summed E-state index contributed by atoms with van der Waals surface area (Å²) in [6.45, 7) is 16.4. The summed E-state index contributed by atoms with van der Waals surface area (Å²) < 4.78 is 16.2. The summed E-state index contributed by atoms with van der Waals surface area (Å²) in [7, 11) is 2.60. The van der Waals surface area contributed by atoms with Gasteiger partial charge in [0.05, 0.1) is 48.7 Å². The first kappa shape index (κ1) is 43.5. The number of fused-ring (bicyclic) bond motifs is 6. The van der Waals surface area contributed by atoms with Gasteiger partial charge in [-0.3, -0.25) is 9.59 Å². The Morgan fingerprint density at radius 1 is 0.730 bits per heavy atom. The van der Waals surface area contributed by atoms with Gasteiger partial charge in [-0.1, -0.05) is 59.7 Å². The van der Waals surface area contributed by atoms with E-state index in [0.717, 1.165) is 92.7 Å². The van der Waals surface area contributed by atoms with E-state index < -0.39 is 24.3 Å². The fourth-order valence-corrected chi connectivity index (χ4v) is 9.79. The zero-order valence-electron chi connectivity index (χ0n) is 37.9. The third kappa shape index (κ3) is 7.95. The van der Waals surface area contributed by atoms with Gasteiger partial charge >= 0.3 is 12.2 Å². The normalized spacial score (nSPS) is 20.5. The number of nitrogens with one attached hydrogen (secondary N) is 4. The number of ether oxygens (including phenoxy) is 3. The summed E-state index contributed by atoms with van der Waals surface area (Å²) in [6.07, 6.45) is 1.87. The third-order valence-corrected chi connectivity index (χ3v) is 13.2. The van der Waals surface area contributed by atoms with Crippen LogP contribution in [0.15, 0.2) is 42.5 Å². The molecule has 3 aliphatic heterocycles. The first-order chi connectivity index (χ1) is 30.1. The number of aromatic nitrogens is 4. The number of alkyl carbamates (subject to hydrolysis) is 2. The number of aromatic amines is 2. The van der Waals surface area contributed by atoms with Crippen molar-refractivity contribution in [3.8, 4) is 28.1 Å². The molecule has 0 bridgehead atoms. The van der Waals surface area contributed by atoms with Crippen LogP contribution in [0.5, 0.6) is 5.75 Å². The molecule has 3 aliphatic rings. The number of hydrogen-bond acceptors (Lipinski definition) is 9. The highest BCUT2D eigenvalue weighted by Crippen LogP contribution is 2.45. The lowest BCUT2D eigenvalue weighted by Crippen LogP contribution is -2.52. The van der Waals surface area contributed by atoms with Crippen molar-refractivity contribution in [2.45, 2.75) is 130 Å². The van der Waals surface area contributed by atoms with Crippen LogP contribution in [0.1, 0.15) is 122 Å². The Kier molecular flexibility index (Phi) is 11.9. The monoisotopic (exact) mass is 860 g/mol. The number of likely N-dealkylation sites (tertiary alicyclic amines) is 2. The minimum Gasteiger partial charge on any atom is -0.488 e. The van der Waals surface area contributed by atoms with E-state index in [1.54, 1.807) is 0 Å². The Morgan fingerprint density at radius 2 is 1.32 bits per heavy atom. The molecule has 5 aromatic rings. The lowest BCUT2D eigenvalue weighted by Gasteiger charge is -2.33. The number of benzene rings is 3. The van der Waals surface area contributed by atoms with Crippen LogP contribution in [-0.2, 0) is 25.7 Å². The van der Waals surface area contributed by atoms with E-state index in [2.05, 4.69) is 70.8 Å². The second kappa shape index (κ2) is 17.2. The fraction of sp³-hybridized carbons (Fsp3) is 0.500. The number of carbonyl (C=O) groups excluding carboxylic acids is 4. The first-order valence-corrected chi connectivity index (χ1v) is 22.3. The van der Waals surface area contributed by atoms with Gasteiger partial charge in [0.15, 0.2) is 0 Å². The van der Waals surface area contributed by atoms with Crippen molar-refractivity contribution in [1.82, 2.24) is 40.4 Å². The molecule has 0 radical (unpaired) electrons. The molecule has 0 unspecified atom stereocenters.